The van der Waals surface area contributed by atoms with E-state index in [1.54, 1.807) is 0 Å². The van der Waals surface area contributed by atoms with Crippen molar-refractivity contribution in [2.24, 2.45) is 5.73 Å². The topological polar surface area (TPSA) is 55.1 Å². The monoisotopic (exact) mass is 284 g/mol. The Hall–Kier alpha value is -1.06. The molecule has 0 fully saturated rings. The lowest BCUT2D eigenvalue weighted by Gasteiger charge is -2.07. The summed E-state index contributed by atoms with van der Waals surface area (Å²) in [7, 11) is 0. The zero-order valence-corrected chi connectivity index (χ0v) is 12.6. The van der Waals surface area contributed by atoms with Gasteiger partial charge in [0.05, 0.1) is 0 Å². The van der Waals surface area contributed by atoms with Crippen molar-refractivity contribution in [2.45, 2.75) is 39.0 Å². The fourth-order valence-electron chi connectivity index (χ4n) is 1.75. The first kappa shape index (κ1) is 17.9. The molecule has 0 spiro atoms. The predicted octanol–water partition coefficient (Wildman–Crippen LogP) is 2.63. The Morgan fingerprint density at radius 2 is 1.89 bits per heavy atom. The van der Waals surface area contributed by atoms with Crippen molar-refractivity contribution in [1.29, 1.82) is 0 Å². The summed E-state index contributed by atoms with van der Waals surface area (Å²) in [4.78, 5) is 11.5. The summed E-state index contributed by atoms with van der Waals surface area (Å²) in [6.45, 7) is 5.67. The third-order valence-electron chi connectivity index (χ3n) is 2.99. The van der Waals surface area contributed by atoms with Gasteiger partial charge in [0.25, 0.3) is 0 Å². The Morgan fingerprint density at radius 1 is 1.26 bits per heavy atom. The molecule has 4 heteroatoms. The maximum absolute atomic E-state index is 11.5. The van der Waals surface area contributed by atoms with Crippen molar-refractivity contribution in [3.05, 3.63) is 35.4 Å². The predicted molar refractivity (Wildman–Crippen MR) is 82.8 cm³/mol. The Labute approximate surface area is 122 Å². The van der Waals surface area contributed by atoms with Crippen LogP contribution in [0.5, 0.6) is 0 Å². The largest absolute Gasteiger partial charge is 0.356 e. The van der Waals surface area contributed by atoms with Crippen molar-refractivity contribution in [2.75, 3.05) is 13.1 Å². The lowest BCUT2D eigenvalue weighted by atomic mass is 10.0. The van der Waals surface area contributed by atoms with E-state index in [0.717, 1.165) is 12.8 Å². The van der Waals surface area contributed by atoms with Gasteiger partial charge in [-0.3, -0.25) is 4.79 Å². The molecule has 0 aromatic heterocycles. The normalized spacial score (nSPS) is 10.1. The van der Waals surface area contributed by atoms with Crippen molar-refractivity contribution in [3.8, 4) is 0 Å². The van der Waals surface area contributed by atoms with Crippen LogP contribution in [0.25, 0.3) is 0 Å². The van der Waals surface area contributed by atoms with E-state index in [9.17, 15) is 4.79 Å². The Morgan fingerprint density at radius 3 is 2.42 bits per heavy atom. The molecule has 1 aromatic carbocycles. The lowest BCUT2D eigenvalue weighted by Crippen LogP contribution is -2.26. The van der Waals surface area contributed by atoms with Gasteiger partial charge in [-0.25, -0.2) is 0 Å². The number of rotatable bonds is 7. The number of hydrogen-bond donors (Lipinski definition) is 2. The van der Waals surface area contributed by atoms with Gasteiger partial charge in [-0.05, 0) is 36.4 Å². The average molecular weight is 285 g/mol. The highest BCUT2D eigenvalue weighted by molar-refractivity contribution is 5.85. The molecule has 0 atom stereocenters. The van der Waals surface area contributed by atoms with Crippen LogP contribution in [0.2, 0.25) is 0 Å². The summed E-state index contributed by atoms with van der Waals surface area (Å²) in [5.41, 5.74) is 7.92. The summed E-state index contributed by atoms with van der Waals surface area (Å²) in [5, 5.41) is 2.86. The van der Waals surface area contributed by atoms with Crippen LogP contribution in [0, 0.1) is 0 Å². The summed E-state index contributed by atoms with van der Waals surface area (Å²) < 4.78 is 0. The van der Waals surface area contributed by atoms with E-state index in [4.69, 9.17) is 5.73 Å². The van der Waals surface area contributed by atoms with Gasteiger partial charge in [-0.15, -0.1) is 12.4 Å². The molecule has 0 aliphatic heterocycles. The van der Waals surface area contributed by atoms with Crippen LogP contribution in [0.15, 0.2) is 24.3 Å². The van der Waals surface area contributed by atoms with Crippen LogP contribution in [0.3, 0.4) is 0 Å². The van der Waals surface area contributed by atoms with Gasteiger partial charge >= 0.3 is 0 Å². The Balaban J connectivity index is 0.00000324. The van der Waals surface area contributed by atoms with Crippen LogP contribution in [0.1, 0.15) is 43.7 Å². The standard InChI is InChI=1S/C15H24N2O.ClH/c1-12(2)14-7-4-13(5-8-14)6-9-15(18)17-11-3-10-16;/h4-5,7-8,12H,3,6,9-11,16H2,1-2H3,(H,17,18);1H. The summed E-state index contributed by atoms with van der Waals surface area (Å²) >= 11 is 0. The number of halogens is 1. The van der Waals surface area contributed by atoms with Crippen molar-refractivity contribution in [1.82, 2.24) is 5.32 Å². The first-order chi connectivity index (χ1) is 8.63. The molecule has 1 amide bonds. The highest BCUT2D eigenvalue weighted by Crippen LogP contribution is 2.15. The number of carbonyl (C=O) groups excluding carboxylic acids is 1. The molecular formula is C15H25ClN2O. The van der Waals surface area contributed by atoms with Gasteiger partial charge in [0.1, 0.15) is 0 Å². The lowest BCUT2D eigenvalue weighted by molar-refractivity contribution is -0.121. The maximum atomic E-state index is 11.5. The Kier molecular flexibility index (Phi) is 9.27. The number of nitrogens with one attached hydrogen (secondary N) is 1. The van der Waals surface area contributed by atoms with Gasteiger partial charge in [-0.2, -0.15) is 0 Å². The minimum atomic E-state index is 0. The van der Waals surface area contributed by atoms with E-state index in [-0.39, 0.29) is 18.3 Å². The minimum Gasteiger partial charge on any atom is -0.356 e. The number of hydrogen-bond acceptors (Lipinski definition) is 2. The molecule has 0 heterocycles. The molecular weight excluding hydrogens is 260 g/mol. The van der Waals surface area contributed by atoms with Crippen LogP contribution >= 0.6 is 12.4 Å². The van der Waals surface area contributed by atoms with Crippen molar-refractivity contribution in [3.63, 3.8) is 0 Å². The van der Waals surface area contributed by atoms with E-state index in [1.165, 1.54) is 11.1 Å². The fraction of sp³-hybridized carbons (Fsp3) is 0.533. The van der Waals surface area contributed by atoms with Gasteiger partial charge in [0, 0.05) is 13.0 Å². The first-order valence-electron chi connectivity index (χ1n) is 6.69. The first-order valence-corrected chi connectivity index (χ1v) is 6.69. The van der Waals surface area contributed by atoms with Crippen LogP contribution < -0.4 is 11.1 Å². The second-order valence-electron chi connectivity index (χ2n) is 4.89. The molecule has 1 rings (SSSR count). The average Bonchev–Trinajstić information content (AvgIpc) is 2.37. The van der Waals surface area contributed by atoms with E-state index >= 15 is 0 Å². The van der Waals surface area contributed by atoms with Crippen molar-refractivity contribution >= 4 is 18.3 Å². The molecule has 0 unspecified atom stereocenters. The number of benzene rings is 1. The van der Waals surface area contributed by atoms with Gasteiger partial charge < -0.3 is 11.1 Å². The molecule has 0 saturated carbocycles. The highest BCUT2D eigenvalue weighted by Gasteiger charge is 2.02. The number of amides is 1. The zero-order chi connectivity index (χ0) is 13.4. The van der Waals surface area contributed by atoms with Gasteiger partial charge in [0.2, 0.25) is 5.91 Å². The second-order valence-corrected chi connectivity index (χ2v) is 4.89. The molecule has 0 aliphatic carbocycles. The molecule has 3 N–H and O–H groups in total. The Bertz CT molecular complexity index is 363. The summed E-state index contributed by atoms with van der Waals surface area (Å²) in [6, 6.07) is 8.52. The summed E-state index contributed by atoms with van der Waals surface area (Å²) in [6.07, 6.45) is 2.19. The molecule has 19 heavy (non-hydrogen) atoms. The minimum absolute atomic E-state index is 0. The third-order valence-corrected chi connectivity index (χ3v) is 2.99. The van der Waals surface area contributed by atoms with Crippen LogP contribution in [-0.2, 0) is 11.2 Å². The highest BCUT2D eigenvalue weighted by atomic mass is 35.5. The molecule has 3 nitrogen and oxygen atoms in total. The fourth-order valence-corrected chi connectivity index (χ4v) is 1.75. The molecule has 0 bridgehead atoms. The third kappa shape index (κ3) is 7.19. The molecule has 0 aliphatic rings. The second kappa shape index (κ2) is 9.82. The maximum Gasteiger partial charge on any atom is 0.220 e. The van der Waals surface area contributed by atoms with Crippen LogP contribution in [0.4, 0.5) is 0 Å². The van der Waals surface area contributed by atoms with Gasteiger partial charge in [-0.1, -0.05) is 38.1 Å². The van der Waals surface area contributed by atoms with Gasteiger partial charge in [0.15, 0.2) is 0 Å². The molecule has 108 valence electrons. The number of aryl methyl sites for hydroxylation is 1. The SMILES string of the molecule is CC(C)c1ccc(CCC(=O)NCCCN)cc1.Cl. The quantitative estimate of drug-likeness (QED) is 0.756. The van der Waals surface area contributed by atoms with E-state index in [2.05, 4.69) is 43.4 Å². The number of carbonyl (C=O) groups is 1. The zero-order valence-electron chi connectivity index (χ0n) is 11.8. The van der Waals surface area contributed by atoms with E-state index < -0.39 is 0 Å². The van der Waals surface area contributed by atoms with E-state index in [1.807, 2.05) is 0 Å². The molecule has 0 radical (unpaired) electrons. The van der Waals surface area contributed by atoms with E-state index in [0.29, 0.717) is 25.4 Å². The van der Waals surface area contributed by atoms with Crippen molar-refractivity contribution < 1.29 is 4.79 Å². The molecule has 1 aromatic rings. The smallest absolute Gasteiger partial charge is 0.220 e. The molecule has 0 saturated heterocycles. The summed E-state index contributed by atoms with van der Waals surface area (Å²) in [5.74, 6) is 0.662. The van der Waals surface area contributed by atoms with Crippen LogP contribution in [-0.4, -0.2) is 19.0 Å². The number of nitrogens with two attached hydrogens (primary N) is 1.